The molecule has 0 amide bonds. The van der Waals surface area contributed by atoms with Crippen molar-refractivity contribution in [1.29, 1.82) is 0 Å². The quantitative estimate of drug-likeness (QED) is 0.872. The molecule has 0 saturated heterocycles. The molecule has 2 atom stereocenters. The third-order valence-corrected chi connectivity index (χ3v) is 3.52. The zero-order chi connectivity index (χ0) is 12.5. The standard InChI is InChI=1S/C14H21FN2/c1-14(2,3)17-8-10-4-5-11(10)12-6-7-16-9-13(12)15/h6-7,9-11,17H,4-5,8H2,1-3H3. The van der Waals surface area contributed by atoms with E-state index >= 15 is 0 Å². The van der Waals surface area contributed by atoms with E-state index in [0.717, 1.165) is 18.5 Å². The van der Waals surface area contributed by atoms with Crippen molar-refractivity contribution < 1.29 is 4.39 Å². The van der Waals surface area contributed by atoms with E-state index in [0.29, 0.717) is 11.8 Å². The first-order chi connectivity index (χ1) is 7.97. The fourth-order valence-electron chi connectivity index (χ4n) is 2.35. The van der Waals surface area contributed by atoms with Crippen LogP contribution in [0.4, 0.5) is 4.39 Å². The highest BCUT2D eigenvalue weighted by Crippen LogP contribution is 2.42. The highest BCUT2D eigenvalue weighted by Gasteiger charge is 2.34. The van der Waals surface area contributed by atoms with Crippen molar-refractivity contribution in [3.05, 3.63) is 29.8 Å². The van der Waals surface area contributed by atoms with E-state index in [1.807, 2.05) is 6.07 Å². The molecule has 1 heterocycles. The summed E-state index contributed by atoms with van der Waals surface area (Å²) >= 11 is 0. The van der Waals surface area contributed by atoms with Crippen LogP contribution in [0, 0.1) is 11.7 Å². The first kappa shape index (κ1) is 12.5. The molecule has 1 aliphatic rings. The van der Waals surface area contributed by atoms with Gasteiger partial charge in [-0.15, -0.1) is 0 Å². The minimum absolute atomic E-state index is 0.136. The fourth-order valence-corrected chi connectivity index (χ4v) is 2.35. The molecule has 0 aromatic carbocycles. The van der Waals surface area contributed by atoms with Crippen LogP contribution < -0.4 is 5.32 Å². The van der Waals surface area contributed by atoms with Crippen LogP contribution in [0.25, 0.3) is 0 Å². The van der Waals surface area contributed by atoms with E-state index in [4.69, 9.17) is 0 Å². The number of aromatic nitrogens is 1. The summed E-state index contributed by atoms with van der Waals surface area (Å²) in [6.45, 7) is 7.45. The minimum atomic E-state index is -0.155. The molecule has 2 nitrogen and oxygen atoms in total. The highest BCUT2D eigenvalue weighted by atomic mass is 19.1. The summed E-state index contributed by atoms with van der Waals surface area (Å²) in [5.41, 5.74) is 0.976. The molecule has 1 fully saturated rings. The lowest BCUT2D eigenvalue weighted by atomic mass is 9.70. The monoisotopic (exact) mass is 236 g/mol. The average Bonchev–Trinajstić information content (AvgIpc) is 2.18. The van der Waals surface area contributed by atoms with Gasteiger partial charge in [-0.05, 0) is 63.6 Å². The van der Waals surface area contributed by atoms with Crippen molar-refractivity contribution in [1.82, 2.24) is 10.3 Å². The molecule has 1 saturated carbocycles. The van der Waals surface area contributed by atoms with Gasteiger partial charge >= 0.3 is 0 Å². The third kappa shape index (κ3) is 3.03. The summed E-state index contributed by atoms with van der Waals surface area (Å²) in [6.07, 6.45) is 5.29. The molecule has 3 heteroatoms. The summed E-state index contributed by atoms with van der Waals surface area (Å²) in [6, 6.07) is 1.82. The van der Waals surface area contributed by atoms with Gasteiger partial charge in [-0.3, -0.25) is 4.98 Å². The second-order valence-corrected chi connectivity index (χ2v) is 5.97. The average molecular weight is 236 g/mol. The Hall–Kier alpha value is -0.960. The molecular formula is C14H21FN2. The molecule has 0 aliphatic heterocycles. The van der Waals surface area contributed by atoms with Crippen LogP contribution in [0.3, 0.4) is 0 Å². The molecular weight excluding hydrogens is 215 g/mol. The van der Waals surface area contributed by atoms with Crippen LogP contribution in [0.15, 0.2) is 18.5 Å². The van der Waals surface area contributed by atoms with Gasteiger partial charge in [0, 0.05) is 11.7 Å². The minimum Gasteiger partial charge on any atom is -0.312 e. The fraction of sp³-hybridized carbons (Fsp3) is 0.643. The van der Waals surface area contributed by atoms with Crippen molar-refractivity contribution in [2.24, 2.45) is 5.92 Å². The van der Waals surface area contributed by atoms with Crippen molar-refractivity contribution in [2.75, 3.05) is 6.54 Å². The van der Waals surface area contributed by atoms with Crippen molar-refractivity contribution in [3.8, 4) is 0 Å². The molecule has 2 unspecified atom stereocenters. The second kappa shape index (κ2) is 4.73. The van der Waals surface area contributed by atoms with Gasteiger partial charge in [0.1, 0.15) is 5.82 Å². The Bertz CT molecular complexity index is 384. The van der Waals surface area contributed by atoms with Gasteiger partial charge < -0.3 is 5.32 Å². The van der Waals surface area contributed by atoms with Crippen LogP contribution in [0.5, 0.6) is 0 Å². The summed E-state index contributed by atoms with van der Waals surface area (Å²) in [5, 5.41) is 3.50. The highest BCUT2D eigenvalue weighted by molar-refractivity contribution is 5.21. The third-order valence-electron chi connectivity index (χ3n) is 3.52. The summed E-state index contributed by atoms with van der Waals surface area (Å²) in [4.78, 5) is 3.81. The molecule has 1 aliphatic carbocycles. The maximum Gasteiger partial charge on any atom is 0.144 e. The lowest BCUT2D eigenvalue weighted by Crippen LogP contribution is -2.43. The van der Waals surface area contributed by atoms with Crippen LogP contribution in [0.1, 0.15) is 45.1 Å². The Balaban J connectivity index is 1.97. The van der Waals surface area contributed by atoms with E-state index < -0.39 is 0 Å². The SMILES string of the molecule is CC(C)(C)NCC1CCC1c1ccncc1F. The van der Waals surface area contributed by atoms with Gasteiger partial charge in [-0.25, -0.2) is 4.39 Å². The van der Waals surface area contributed by atoms with Gasteiger partial charge in [0.25, 0.3) is 0 Å². The first-order valence-corrected chi connectivity index (χ1v) is 6.32. The second-order valence-electron chi connectivity index (χ2n) is 5.97. The maximum atomic E-state index is 13.6. The van der Waals surface area contributed by atoms with Crippen LogP contribution >= 0.6 is 0 Å². The largest absolute Gasteiger partial charge is 0.312 e. The van der Waals surface area contributed by atoms with Gasteiger partial charge in [0.2, 0.25) is 0 Å². The topological polar surface area (TPSA) is 24.9 Å². The summed E-state index contributed by atoms with van der Waals surface area (Å²) in [7, 11) is 0. The van der Waals surface area contributed by atoms with Crippen LogP contribution in [-0.2, 0) is 0 Å². The van der Waals surface area contributed by atoms with Crippen molar-refractivity contribution >= 4 is 0 Å². The molecule has 0 radical (unpaired) electrons. The lowest BCUT2D eigenvalue weighted by molar-refractivity contribution is 0.221. The molecule has 1 aromatic heterocycles. The van der Waals surface area contributed by atoms with Gasteiger partial charge in [0.15, 0.2) is 0 Å². The molecule has 17 heavy (non-hydrogen) atoms. The van der Waals surface area contributed by atoms with E-state index in [1.165, 1.54) is 12.6 Å². The predicted molar refractivity (Wildman–Crippen MR) is 67.4 cm³/mol. The zero-order valence-corrected chi connectivity index (χ0v) is 10.8. The number of rotatable bonds is 3. The van der Waals surface area contributed by atoms with Gasteiger partial charge in [-0.2, -0.15) is 0 Å². The van der Waals surface area contributed by atoms with Crippen LogP contribution in [0.2, 0.25) is 0 Å². The number of halogens is 1. The Morgan fingerprint density at radius 1 is 1.41 bits per heavy atom. The molecule has 0 spiro atoms. The van der Waals surface area contributed by atoms with E-state index in [9.17, 15) is 4.39 Å². The van der Waals surface area contributed by atoms with Gasteiger partial charge in [-0.1, -0.05) is 0 Å². The summed E-state index contributed by atoms with van der Waals surface area (Å²) < 4.78 is 13.6. The number of hydrogen-bond acceptors (Lipinski definition) is 2. The normalized spacial score (nSPS) is 24.5. The Morgan fingerprint density at radius 2 is 2.18 bits per heavy atom. The van der Waals surface area contributed by atoms with Gasteiger partial charge in [0.05, 0.1) is 6.20 Å². The number of pyridine rings is 1. The maximum absolute atomic E-state index is 13.6. The molecule has 1 N–H and O–H groups in total. The lowest BCUT2D eigenvalue weighted by Gasteiger charge is -2.39. The Kier molecular flexibility index (Phi) is 3.48. The first-order valence-electron chi connectivity index (χ1n) is 6.32. The Labute approximate surface area is 103 Å². The Morgan fingerprint density at radius 3 is 2.71 bits per heavy atom. The van der Waals surface area contributed by atoms with E-state index in [2.05, 4.69) is 31.1 Å². The molecule has 1 aromatic rings. The molecule has 2 rings (SSSR count). The number of nitrogens with one attached hydrogen (secondary N) is 1. The van der Waals surface area contributed by atoms with Crippen molar-refractivity contribution in [3.63, 3.8) is 0 Å². The van der Waals surface area contributed by atoms with Crippen molar-refractivity contribution in [2.45, 2.75) is 45.1 Å². The molecule has 94 valence electrons. The smallest absolute Gasteiger partial charge is 0.144 e. The van der Waals surface area contributed by atoms with E-state index in [-0.39, 0.29) is 11.4 Å². The summed E-state index contributed by atoms with van der Waals surface area (Å²) in [5.74, 6) is 0.775. The number of hydrogen-bond donors (Lipinski definition) is 1. The molecule has 0 bridgehead atoms. The number of nitrogens with zero attached hydrogens (tertiary/aromatic N) is 1. The predicted octanol–water partition coefficient (Wildman–Crippen LogP) is 3.10. The zero-order valence-electron chi connectivity index (χ0n) is 10.8. The van der Waals surface area contributed by atoms with Crippen LogP contribution in [-0.4, -0.2) is 17.1 Å². The van der Waals surface area contributed by atoms with E-state index in [1.54, 1.807) is 6.20 Å².